The number of hydrogen-bond acceptors (Lipinski definition) is 4. The second kappa shape index (κ2) is 10.2. The molecule has 1 saturated heterocycles. The summed E-state index contributed by atoms with van der Waals surface area (Å²) >= 11 is 0. The van der Waals surface area contributed by atoms with E-state index in [9.17, 15) is 15.2 Å². The molecule has 1 amide bonds. The lowest BCUT2D eigenvalue weighted by atomic mass is 9.72. The molecule has 6 heteroatoms. The van der Waals surface area contributed by atoms with Crippen molar-refractivity contribution >= 4 is 5.91 Å². The van der Waals surface area contributed by atoms with Crippen LogP contribution in [-0.2, 0) is 12.1 Å². The van der Waals surface area contributed by atoms with Gasteiger partial charge in [-0.25, -0.2) is 4.98 Å². The molecule has 0 bridgehead atoms. The molecule has 1 aromatic heterocycles. The summed E-state index contributed by atoms with van der Waals surface area (Å²) in [4.78, 5) is 19.6. The topological polar surface area (TPSA) is 82.2 Å². The van der Waals surface area contributed by atoms with E-state index in [4.69, 9.17) is 0 Å². The molecule has 1 N–H and O–H groups in total. The number of nitrogens with zero attached hydrogens (tertiary/aromatic N) is 4. The minimum atomic E-state index is -1.14. The van der Waals surface area contributed by atoms with E-state index < -0.39 is 5.60 Å². The summed E-state index contributed by atoms with van der Waals surface area (Å²) in [6, 6.07) is 27.2. The van der Waals surface area contributed by atoms with E-state index >= 15 is 0 Å². The molecule has 180 valence electrons. The highest BCUT2D eigenvalue weighted by atomic mass is 16.3. The van der Waals surface area contributed by atoms with Crippen molar-refractivity contribution in [2.75, 3.05) is 13.1 Å². The van der Waals surface area contributed by atoms with Crippen molar-refractivity contribution in [3.05, 3.63) is 125 Å². The molecule has 36 heavy (non-hydrogen) atoms. The molecule has 0 spiro atoms. The average molecular weight is 477 g/mol. The van der Waals surface area contributed by atoms with Crippen LogP contribution in [0.15, 0.2) is 97.6 Å². The maximum atomic E-state index is 13.7. The summed E-state index contributed by atoms with van der Waals surface area (Å²) < 4.78 is 1.89. The Labute approximate surface area is 211 Å². The van der Waals surface area contributed by atoms with Crippen LogP contribution in [0.5, 0.6) is 0 Å². The Bertz CT molecular complexity index is 1310. The van der Waals surface area contributed by atoms with E-state index in [-0.39, 0.29) is 11.8 Å². The van der Waals surface area contributed by atoms with Crippen LogP contribution in [0.1, 0.15) is 45.5 Å². The Hall–Kier alpha value is -4.21. The molecule has 0 atom stereocenters. The number of benzene rings is 3. The summed E-state index contributed by atoms with van der Waals surface area (Å²) in [5.74, 6) is -0.188. The van der Waals surface area contributed by atoms with E-state index in [0.717, 1.165) is 16.7 Å². The molecule has 5 rings (SSSR count). The number of rotatable bonds is 6. The number of carbonyl (C=O) groups excluding carboxylic acids is 1. The molecule has 1 fully saturated rings. The molecule has 0 radical (unpaired) electrons. The SMILES string of the molecule is N#Cc1cccc(Cn2ccnc2)c1C(=O)N1CCC(C(O)(c2ccccc2)c2ccccc2)CC1. The maximum Gasteiger partial charge on any atom is 0.255 e. The highest BCUT2D eigenvalue weighted by Crippen LogP contribution is 2.42. The number of aliphatic hydroxyl groups is 1. The molecule has 0 unspecified atom stereocenters. The predicted molar refractivity (Wildman–Crippen MR) is 137 cm³/mol. The fourth-order valence-corrected chi connectivity index (χ4v) is 5.34. The first-order valence-corrected chi connectivity index (χ1v) is 12.2. The molecule has 4 aromatic rings. The summed E-state index contributed by atoms with van der Waals surface area (Å²) in [6.45, 7) is 1.49. The van der Waals surface area contributed by atoms with E-state index in [1.807, 2.05) is 88.5 Å². The molecule has 2 heterocycles. The van der Waals surface area contributed by atoms with Gasteiger partial charge in [0.15, 0.2) is 0 Å². The third kappa shape index (κ3) is 4.41. The van der Waals surface area contributed by atoms with Gasteiger partial charge in [0.2, 0.25) is 0 Å². The molecule has 0 aliphatic carbocycles. The van der Waals surface area contributed by atoms with Gasteiger partial charge < -0.3 is 14.6 Å². The van der Waals surface area contributed by atoms with Crippen LogP contribution in [0, 0.1) is 17.2 Å². The van der Waals surface area contributed by atoms with Crippen LogP contribution in [0.25, 0.3) is 0 Å². The fourth-order valence-electron chi connectivity index (χ4n) is 5.34. The van der Waals surface area contributed by atoms with Gasteiger partial charge in [-0.2, -0.15) is 5.26 Å². The number of nitriles is 1. The Morgan fingerprint density at radius 2 is 1.61 bits per heavy atom. The van der Waals surface area contributed by atoms with E-state index in [2.05, 4.69) is 11.1 Å². The van der Waals surface area contributed by atoms with Gasteiger partial charge in [0.05, 0.1) is 23.5 Å². The molecule has 6 nitrogen and oxygen atoms in total. The van der Waals surface area contributed by atoms with Gasteiger partial charge in [-0.05, 0) is 41.5 Å². The van der Waals surface area contributed by atoms with Gasteiger partial charge in [-0.1, -0.05) is 72.8 Å². The van der Waals surface area contributed by atoms with E-state index in [0.29, 0.717) is 43.6 Å². The molecule has 1 aliphatic rings. The minimum absolute atomic E-state index is 0.0528. The number of piperidine rings is 1. The Balaban J connectivity index is 1.40. The second-order valence-electron chi connectivity index (χ2n) is 9.25. The third-order valence-corrected chi connectivity index (χ3v) is 7.20. The third-order valence-electron chi connectivity index (χ3n) is 7.20. The van der Waals surface area contributed by atoms with Crippen molar-refractivity contribution in [2.24, 2.45) is 5.92 Å². The summed E-state index contributed by atoms with van der Waals surface area (Å²) in [6.07, 6.45) is 6.54. The molecule has 0 saturated carbocycles. The van der Waals surface area contributed by atoms with Crippen molar-refractivity contribution in [3.8, 4) is 6.07 Å². The molecule has 3 aromatic carbocycles. The predicted octanol–water partition coefficient (Wildman–Crippen LogP) is 4.59. The number of likely N-dealkylation sites (tertiary alicyclic amines) is 1. The molecular weight excluding hydrogens is 448 g/mol. The van der Waals surface area contributed by atoms with Gasteiger partial charge in [0, 0.05) is 32.0 Å². The van der Waals surface area contributed by atoms with Gasteiger partial charge in [-0.3, -0.25) is 4.79 Å². The maximum absolute atomic E-state index is 13.7. The minimum Gasteiger partial charge on any atom is -0.380 e. The number of carbonyl (C=O) groups is 1. The monoisotopic (exact) mass is 476 g/mol. The summed E-state index contributed by atoms with van der Waals surface area (Å²) in [7, 11) is 0. The van der Waals surface area contributed by atoms with E-state index in [1.54, 1.807) is 18.6 Å². The van der Waals surface area contributed by atoms with Crippen LogP contribution < -0.4 is 0 Å². The smallest absolute Gasteiger partial charge is 0.255 e. The lowest BCUT2D eigenvalue weighted by Crippen LogP contribution is -2.46. The highest BCUT2D eigenvalue weighted by Gasteiger charge is 2.42. The van der Waals surface area contributed by atoms with Gasteiger partial charge in [0.1, 0.15) is 5.60 Å². The van der Waals surface area contributed by atoms with Gasteiger partial charge in [0.25, 0.3) is 5.91 Å². The number of hydrogen-bond donors (Lipinski definition) is 1. The second-order valence-corrected chi connectivity index (χ2v) is 9.25. The van der Waals surface area contributed by atoms with Crippen molar-refractivity contribution < 1.29 is 9.90 Å². The van der Waals surface area contributed by atoms with Crippen LogP contribution in [0.3, 0.4) is 0 Å². The average Bonchev–Trinajstić information content (AvgIpc) is 3.46. The van der Waals surface area contributed by atoms with Crippen LogP contribution in [-0.4, -0.2) is 38.6 Å². The zero-order chi connectivity index (χ0) is 25.0. The first-order valence-electron chi connectivity index (χ1n) is 12.2. The standard InChI is InChI=1S/C30H28N4O2/c31-20-23-8-7-9-24(21-33-19-16-32-22-33)28(23)29(35)34-17-14-27(15-18-34)30(36,25-10-3-1-4-11-25)26-12-5-2-6-13-26/h1-13,16,19,22,27,36H,14-15,17-18,21H2. The Morgan fingerprint density at radius 3 is 2.17 bits per heavy atom. The summed E-state index contributed by atoms with van der Waals surface area (Å²) in [5, 5.41) is 21.9. The lowest BCUT2D eigenvalue weighted by Gasteiger charge is -2.42. The van der Waals surface area contributed by atoms with Crippen molar-refractivity contribution in [1.82, 2.24) is 14.5 Å². The van der Waals surface area contributed by atoms with Crippen molar-refractivity contribution in [2.45, 2.75) is 25.0 Å². The van der Waals surface area contributed by atoms with Crippen LogP contribution >= 0.6 is 0 Å². The van der Waals surface area contributed by atoms with Gasteiger partial charge in [-0.15, -0.1) is 0 Å². The normalized spacial score (nSPS) is 14.4. The first-order chi connectivity index (χ1) is 17.6. The summed E-state index contributed by atoms with van der Waals surface area (Å²) in [5.41, 5.74) is 2.20. The Kier molecular flexibility index (Phi) is 6.66. The highest BCUT2D eigenvalue weighted by molar-refractivity contribution is 5.98. The quantitative estimate of drug-likeness (QED) is 0.441. The molecular formula is C30H28N4O2. The van der Waals surface area contributed by atoms with Gasteiger partial charge >= 0.3 is 0 Å². The number of aromatic nitrogens is 2. The van der Waals surface area contributed by atoms with Crippen molar-refractivity contribution in [3.63, 3.8) is 0 Å². The zero-order valence-corrected chi connectivity index (χ0v) is 20.0. The zero-order valence-electron chi connectivity index (χ0n) is 20.0. The lowest BCUT2D eigenvalue weighted by molar-refractivity contribution is -0.0123. The van der Waals surface area contributed by atoms with Crippen LogP contribution in [0.4, 0.5) is 0 Å². The first kappa shape index (κ1) is 23.5. The van der Waals surface area contributed by atoms with Crippen molar-refractivity contribution in [1.29, 1.82) is 5.26 Å². The number of imidazole rings is 1. The largest absolute Gasteiger partial charge is 0.380 e. The van der Waals surface area contributed by atoms with Crippen LogP contribution in [0.2, 0.25) is 0 Å². The number of amides is 1. The fraction of sp³-hybridized carbons (Fsp3) is 0.233. The van der Waals surface area contributed by atoms with E-state index in [1.165, 1.54) is 0 Å². The Morgan fingerprint density at radius 1 is 0.972 bits per heavy atom. The molecule has 1 aliphatic heterocycles.